The minimum atomic E-state index is 0.195. The highest BCUT2D eigenvalue weighted by Gasteiger charge is 2.29. The van der Waals surface area contributed by atoms with Gasteiger partial charge in [-0.05, 0) is 18.2 Å². The van der Waals surface area contributed by atoms with Gasteiger partial charge in [0, 0.05) is 31.2 Å². The van der Waals surface area contributed by atoms with Crippen molar-refractivity contribution in [3.8, 4) is 0 Å². The third kappa shape index (κ3) is 2.85. The first kappa shape index (κ1) is 12.4. The predicted octanol–water partition coefficient (Wildman–Crippen LogP) is 1.66. The standard InChI is InChI=1S/C15H18N2O2/c18-15-11-13(17-6-8-19-9-7-17)10-14(15)16-12-4-2-1-3-5-12/h1-5,10,13,16H,6-9,11H2. The lowest BCUT2D eigenvalue weighted by molar-refractivity contribution is -0.115. The number of benzene rings is 1. The number of carbonyl (C=O) groups is 1. The Morgan fingerprint density at radius 2 is 1.89 bits per heavy atom. The molecule has 4 nitrogen and oxygen atoms in total. The molecule has 0 bridgehead atoms. The molecule has 1 saturated heterocycles. The van der Waals surface area contributed by atoms with E-state index in [2.05, 4.69) is 16.3 Å². The third-order valence-corrected chi connectivity index (χ3v) is 3.62. The fraction of sp³-hybridized carbons (Fsp3) is 0.400. The average molecular weight is 258 g/mol. The van der Waals surface area contributed by atoms with Crippen molar-refractivity contribution >= 4 is 11.5 Å². The van der Waals surface area contributed by atoms with Gasteiger partial charge in [-0.2, -0.15) is 0 Å². The van der Waals surface area contributed by atoms with Crippen LogP contribution in [0, 0.1) is 0 Å². The number of morpholine rings is 1. The molecule has 1 heterocycles. The van der Waals surface area contributed by atoms with Crippen molar-refractivity contribution in [1.29, 1.82) is 0 Å². The quantitative estimate of drug-likeness (QED) is 0.895. The van der Waals surface area contributed by atoms with E-state index >= 15 is 0 Å². The van der Waals surface area contributed by atoms with E-state index < -0.39 is 0 Å². The average Bonchev–Trinajstić information content (AvgIpc) is 2.82. The lowest BCUT2D eigenvalue weighted by Crippen LogP contribution is -2.42. The van der Waals surface area contributed by atoms with Gasteiger partial charge in [0.25, 0.3) is 0 Å². The smallest absolute Gasteiger partial charge is 0.180 e. The molecular weight excluding hydrogens is 240 g/mol. The van der Waals surface area contributed by atoms with Crippen LogP contribution in [0.15, 0.2) is 42.1 Å². The molecule has 1 aromatic rings. The van der Waals surface area contributed by atoms with Gasteiger partial charge in [0.05, 0.1) is 18.9 Å². The maximum Gasteiger partial charge on any atom is 0.180 e. The van der Waals surface area contributed by atoms with E-state index in [1.807, 2.05) is 30.3 Å². The highest BCUT2D eigenvalue weighted by molar-refractivity contribution is 6.01. The van der Waals surface area contributed by atoms with Crippen molar-refractivity contribution in [3.05, 3.63) is 42.1 Å². The summed E-state index contributed by atoms with van der Waals surface area (Å²) in [6.07, 6.45) is 2.63. The molecule has 1 aliphatic heterocycles. The Morgan fingerprint density at radius 3 is 2.63 bits per heavy atom. The maximum absolute atomic E-state index is 12.0. The van der Waals surface area contributed by atoms with Crippen LogP contribution in [0.2, 0.25) is 0 Å². The number of ketones is 1. The molecule has 1 fully saturated rings. The van der Waals surface area contributed by atoms with E-state index in [-0.39, 0.29) is 11.8 Å². The minimum absolute atomic E-state index is 0.195. The number of ether oxygens (including phenoxy) is 1. The van der Waals surface area contributed by atoms with Crippen LogP contribution in [0.3, 0.4) is 0 Å². The Bertz CT molecular complexity index is 478. The highest BCUT2D eigenvalue weighted by Crippen LogP contribution is 2.22. The molecule has 1 aliphatic carbocycles. The second-order valence-corrected chi connectivity index (χ2v) is 4.91. The van der Waals surface area contributed by atoms with Gasteiger partial charge in [-0.15, -0.1) is 0 Å². The van der Waals surface area contributed by atoms with E-state index in [4.69, 9.17) is 4.74 Å². The molecule has 1 atom stereocenters. The van der Waals surface area contributed by atoms with Crippen LogP contribution in [0.25, 0.3) is 0 Å². The summed E-state index contributed by atoms with van der Waals surface area (Å²) in [5.41, 5.74) is 1.69. The summed E-state index contributed by atoms with van der Waals surface area (Å²) >= 11 is 0. The van der Waals surface area contributed by atoms with Gasteiger partial charge >= 0.3 is 0 Å². The van der Waals surface area contributed by atoms with E-state index in [9.17, 15) is 4.79 Å². The molecule has 0 spiro atoms. The van der Waals surface area contributed by atoms with Crippen LogP contribution in [0.5, 0.6) is 0 Å². The molecule has 2 aliphatic rings. The number of Topliss-reactive ketones (excluding diaryl/α,β-unsaturated/α-hetero) is 1. The summed E-state index contributed by atoms with van der Waals surface area (Å²) < 4.78 is 5.35. The van der Waals surface area contributed by atoms with Crippen LogP contribution >= 0.6 is 0 Å². The van der Waals surface area contributed by atoms with Crippen molar-refractivity contribution in [2.45, 2.75) is 12.5 Å². The van der Waals surface area contributed by atoms with E-state index in [1.54, 1.807) is 0 Å². The topological polar surface area (TPSA) is 41.6 Å². The molecule has 19 heavy (non-hydrogen) atoms. The van der Waals surface area contributed by atoms with Crippen molar-refractivity contribution in [3.63, 3.8) is 0 Å². The monoisotopic (exact) mass is 258 g/mol. The zero-order valence-electron chi connectivity index (χ0n) is 10.8. The zero-order valence-corrected chi connectivity index (χ0v) is 10.8. The second kappa shape index (κ2) is 5.55. The summed E-state index contributed by atoms with van der Waals surface area (Å²) in [4.78, 5) is 14.4. The van der Waals surface area contributed by atoms with Crippen molar-refractivity contribution in [2.75, 3.05) is 31.6 Å². The van der Waals surface area contributed by atoms with Gasteiger partial charge in [-0.25, -0.2) is 0 Å². The van der Waals surface area contributed by atoms with Crippen molar-refractivity contribution in [1.82, 2.24) is 4.90 Å². The minimum Gasteiger partial charge on any atom is -0.379 e. The summed E-state index contributed by atoms with van der Waals surface area (Å²) in [6, 6.07) is 10.0. The molecule has 3 rings (SSSR count). The Kier molecular flexibility index (Phi) is 3.62. The number of hydrogen-bond acceptors (Lipinski definition) is 4. The largest absolute Gasteiger partial charge is 0.379 e. The lowest BCUT2D eigenvalue weighted by atomic mass is 10.2. The SMILES string of the molecule is O=C1CC(N2CCOCC2)C=C1Nc1ccccc1. The number of hydrogen-bond donors (Lipinski definition) is 1. The van der Waals surface area contributed by atoms with Crippen LogP contribution in [-0.4, -0.2) is 43.0 Å². The summed E-state index contributed by atoms with van der Waals surface area (Å²) in [5, 5.41) is 3.21. The molecule has 100 valence electrons. The molecule has 1 unspecified atom stereocenters. The third-order valence-electron chi connectivity index (χ3n) is 3.62. The molecule has 1 aromatic carbocycles. The number of nitrogens with zero attached hydrogens (tertiary/aromatic N) is 1. The first-order chi connectivity index (χ1) is 9.33. The van der Waals surface area contributed by atoms with Gasteiger partial charge in [0.15, 0.2) is 5.78 Å². The van der Waals surface area contributed by atoms with Gasteiger partial charge in [-0.3, -0.25) is 9.69 Å². The summed E-state index contributed by atoms with van der Waals surface area (Å²) in [6.45, 7) is 3.35. The fourth-order valence-corrected chi connectivity index (χ4v) is 2.58. The lowest BCUT2D eigenvalue weighted by Gasteiger charge is -2.30. The van der Waals surface area contributed by atoms with Crippen LogP contribution in [0.1, 0.15) is 6.42 Å². The number of allylic oxidation sites excluding steroid dienone is 1. The molecule has 4 heteroatoms. The Labute approximate surface area is 113 Å². The van der Waals surface area contributed by atoms with E-state index in [0.717, 1.165) is 37.7 Å². The molecule has 0 amide bonds. The van der Waals surface area contributed by atoms with Crippen LogP contribution in [-0.2, 0) is 9.53 Å². The number of carbonyl (C=O) groups excluding carboxylic acids is 1. The maximum atomic E-state index is 12.0. The predicted molar refractivity (Wildman–Crippen MR) is 74.0 cm³/mol. The van der Waals surface area contributed by atoms with Gasteiger partial charge in [0.1, 0.15) is 0 Å². The van der Waals surface area contributed by atoms with Gasteiger partial charge in [-0.1, -0.05) is 18.2 Å². The molecule has 1 N–H and O–H groups in total. The van der Waals surface area contributed by atoms with Gasteiger partial charge < -0.3 is 10.1 Å². The van der Waals surface area contributed by atoms with E-state index in [0.29, 0.717) is 6.42 Å². The number of anilines is 1. The van der Waals surface area contributed by atoms with Crippen LogP contribution in [0.4, 0.5) is 5.69 Å². The molecule has 0 radical (unpaired) electrons. The Morgan fingerprint density at radius 1 is 1.16 bits per heavy atom. The molecular formula is C15H18N2O2. The number of para-hydroxylation sites is 1. The number of rotatable bonds is 3. The van der Waals surface area contributed by atoms with Gasteiger partial charge in [0.2, 0.25) is 0 Å². The zero-order chi connectivity index (χ0) is 13.1. The number of nitrogens with one attached hydrogen (secondary N) is 1. The van der Waals surface area contributed by atoms with Crippen molar-refractivity contribution in [2.24, 2.45) is 0 Å². The fourth-order valence-electron chi connectivity index (χ4n) is 2.58. The second-order valence-electron chi connectivity index (χ2n) is 4.91. The molecule has 0 saturated carbocycles. The van der Waals surface area contributed by atoms with Crippen molar-refractivity contribution < 1.29 is 9.53 Å². The van der Waals surface area contributed by atoms with E-state index in [1.165, 1.54) is 0 Å². The summed E-state index contributed by atoms with van der Waals surface area (Å²) in [5.74, 6) is 0.195. The first-order valence-electron chi connectivity index (χ1n) is 6.72. The first-order valence-corrected chi connectivity index (χ1v) is 6.72. The van der Waals surface area contributed by atoms with Crippen LogP contribution < -0.4 is 5.32 Å². The molecule has 0 aromatic heterocycles. The summed E-state index contributed by atoms with van der Waals surface area (Å²) in [7, 11) is 0. The normalized spacial score (nSPS) is 24.3. The Balaban J connectivity index is 1.69. The Hall–Kier alpha value is -1.65. The highest BCUT2D eigenvalue weighted by atomic mass is 16.5.